The SMILES string of the molecule is O=NC(Cc1cc(Br)c(O)c(-c2cc(CC(N=O)C(=O)NCCc3ccc(OS(=O)(=O)[O-])c(Br)c3)cc(Br)c2O)c1)C(=O)NCCc1ccc(O)c(Br)c1. The summed E-state index contributed by atoms with van der Waals surface area (Å²) in [5.41, 5.74) is 2.48. The van der Waals surface area contributed by atoms with Gasteiger partial charge in [0.05, 0.1) is 17.9 Å². The third-order valence-corrected chi connectivity index (χ3v) is 10.7. The lowest BCUT2D eigenvalue weighted by Crippen LogP contribution is -2.36. The number of nitrogens with zero attached hydrogens (tertiary/aromatic N) is 2. The zero-order valence-electron chi connectivity index (χ0n) is 27.6. The first kappa shape index (κ1) is 42.8. The Balaban J connectivity index is 1.45. The largest absolute Gasteiger partial charge is 0.716 e. The van der Waals surface area contributed by atoms with Crippen LogP contribution in [0.2, 0.25) is 0 Å². The Kier molecular flexibility index (Phi) is 15.1. The number of benzene rings is 4. The minimum atomic E-state index is -4.97. The lowest BCUT2D eigenvalue weighted by molar-refractivity contribution is -0.123. The molecule has 0 fully saturated rings. The molecule has 4 aromatic carbocycles. The summed E-state index contributed by atoms with van der Waals surface area (Å²) >= 11 is 12.9. The summed E-state index contributed by atoms with van der Waals surface area (Å²) in [5, 5.41) is 42.9. The minimum absolute atomic E-state index is 0.0711. The van der Waals surface area contributed by atoms with E-state index in [0.717, 1.165) is 5.56 Å². The van der Waals surface area contributed by atoms with Crippen LogP contribution in [0.4, 0.5) is 0 Å². The molecule has 15 nitrogen and oxygen atoms in total. The second kappa shape index (κ2) is 19.1. The van der Waals surface area contributed by atoms with Gasteiger partial charge in [-0.1, -0.05) is 22.5 Å². The summed E-state index contributed by atoms with van der Waals surface area (Å²) in [7, 11) is -4.97. The van der Waals surface area contributed by atoms with Crippen LogP contribution in [0.3, 0.4) is 0 Å². The molecular formula is C34H29Br4N4O11S-. The molecular weight excluding hydrogens is 992 g/mol. The van der Waals surface area contributed by atoms with Crippen LogP contribution in [-0.4, -0.2) is 65.3 Å². The number of aromatic hydroxyl groups is 3. The van der Waals surface area contributed by atoms with Crippen LogP contribution in [-0.2, 0) is 45.7 Å². The molecule has 0 aliphatic heterocycles. The molecule has 2 atom stereocenters. The van der Waals surface area contributed by atoms with Crippen LogP contribution in [0.5, 0.6) is 23.0 Å². The molecule has 0 saturated carbocycles. The van der Waals surface area contributed by atoms with Gasteiger partial charge in [-0.05, 0) is 147 Å². The zero-order valence-corrected chi connectivity index (χ0v) is 34.8. The highest BCUT2D eigenvalue weighted by Crippen LogP contribution is 2.44. The van der Waals surface area contributed by atoms with Gasteiger partial charge in [0.15, 0.2) is 17.8 Å². The molecule has 0 spiro atoms. The molecule has 20 heteroatoms. The molecule has 0 aromatic heterocycles. The van der Waals surface area contributed by atoms with Crippen molar-refractivity contribution in [2.75, 3.05) is 13.1 Å². The molecule has 2 amide bonds. The average molecular weight is 1020 g/mol. The Morgan fingerprint density at radius 3 is 1.50 bits per heavy atom. The maximum absolute atomic E-state index is 12.9. The topological polar surface area (TPSA) is 244 Å². The Morgan fingerprint density at radius 1 is 0.667 bits per heavy atom. The first-order valence-electron chi connectivity index (χ1n) is 15.6. The van der Waals surface area contributed by atoms with Crippen LogP contribution in [0.25, 0.3) is 11.1 Å². The monoisotopic (exact) mass is 1020 g/mol. The van der Waals surface area contributed by atoms with Gasteiger partial charge < -0.3 is 34.7 Å². The van der Waals surface area contributed by atoms with Crippen LogP contribution in [0.15, 0.2) is 88.9 Å². The van der Waals surface area contributed by atoms with Gasteiger partial charge in [-0.15, -0.1) is 9.81 Å². The van der Waals surface area contributed by atoms with E-state index < -0.39 is 34.3 Å². The molecule has 2 unspecified atom stereocenters. The number of nitrogens with one attached hydrogen (secondary N) is 2. The lowest BCUT2D eigenvalue weighted by Gasteiger charge is -2.16. The first-order valence-corrected chi connectivity index (χ1v) is 20.1. The molecule has 5 N–H and O–H groups in total. The molecule has 4 rings (SSSR count). The van der Waals surface area contributed by atoms with Crippen LogP contribution < -0.4 is 14.8 Å². The van der Waals surface area contributed by atoms with E-state index in [1.807, 2.05) is 0 Å². The number of halogens is 4. The van der Waals surface area contributed by atoms with Gasteiger partial charge in [0, 0.05) is 37.1 Å². The molecule has 0 saturated heterocycles. The third kappa shape index (κ3) is 11.8. The fourth-order valence-corrected chi connectivity index (χ4v) is 7.66. The van der Waals surface area contributed by atoms with Gasteiger partial charge in [-0.25, -0.2) is 8.42 Å². The highest BCUT2D eigenvalue weighted by Gasteiger charge is 2.25. The van der Waals surface area contributed by atoms with E-state index in [1.54, 1.807) is 12.1 Å². The fraction of sp³-hybridized carbons (Fsp3) is 0.235. The van der Waals surface area contributed by atoms with Crippen molar-refractivity contribution in [3.63, 3.8) is 0 Å². The number of hydrogen-bond acceptors (Lipinski definition) is 13. The van der Waals surface area contributed by atoms with Gasteiger partial charge >= 0.3 is 0 Å². The van der Waals surface area contributed by atoms with Crippen molar-refractivity contribution >= 4 is 85.9 Å². The van der Waals surface area contributed by atoms with E-state index in [2.05, 4.69) is 88.9 Å². The van der Waals surface area contributed by atoms with Gasteiger partial charge in [0.2, 0.25) is 11.8 Å². The predicted octanol–water partition coefficient (Wildman–Crippen LogP) is 6.43. The number of nitroso groups, excluding NO2 is 2. The number of carbonyl (C=O) groups excluding carboxylic acids is 2. The summed E-state index contributed by atoms with van der Waals surface area (Å²) < 4.78 is 38.0. The van der Waals surface area contributed by atoms with Crippen molar-refractivity contribution in [2.24, 2.45) is 10.4 Å². The van der Waals surface area contributed by atoms with Crippen molar-refractivity contribution in [3.8, 4) is 34.1 Å². The molecule has 0 heterocycles. The first-order chi connectivity index (χ1) is 25.5. The summed E-state index contributed by atoms with van der Waals surface area (Å²) in [6.07, 6.45) is 0.340. The second-order valence-electron chi connectivity index (χ2n) is 11.7. The zero-order chi connectivity index (χ0) is 39.7. The highest BCUT2D eigenvalue weighted by atomic mass is 79.9. The van der Waals surface area contributed by atoms with Gasteiger partial charge in [0.1, 0.15) is 17.2 Å². The van der Waals surface area contributed by atoms with Crippen molar-refractivity contribution in [1.82, 2.24) is 10.6 Å². The molecule has 286 valence electrons. The molecule has 0 aliphatic carbocycles. The quantitative estimate of drug-likeness (QED) is 0.0438. The van der Waals surface area contributed by atoms with E-state index in [0.29, 0.717) is 27.6 Å². The van der Waals surface area contributed by atoms with E-state index in [4.69, 9.17) is 0 Å². The fourth-order valence-electron chi connectivity index (χ4n) is 5.24. The Labute approximate surface area is 342 Å². The Hall–Kier alpha value is -3.95. The lowest BCUT2D eigenvalue weighted by atomic mass is 9.95. The molecule has 54 heavy (non-hydrogen) atoms. The maximum atomic E-state index is 12.9. The van der Waals surface area contributed by atoms with E-state index in [-0.39, 0.29) is 79.9 Å². The summed E-state index contributed by atoms with van der Waals surface area (Å²) in [4.78, 5) is 49.3. The Bertz CT molecular complexity index is 2190. The number of phenols is 3. The molecule has 4 aromatic rings. The number of carbonyl (C=O) groups is 2. The summed E-state index contributed by atoms with van der Waals surface area (Å²) in [6.45, 7) is 0.263. The minimum Gasteiger partial charge on any atom is -0.716 e. The number of rotatable bonds is 17. The standard InChI is InChI=1S/C34H30Br4N4O11S/c35-23-11-17(1-3-29(23)43)5-7-39-33(46)27(41-48)15-19-9-21(31(44)25(37)13-19)22-10-20(14-26(38)32(22)45)16-28(42-49)34(47)40-8-6-18-2-4-30(24(36)12-18)53-54(50,51)52/h1-4,9-14,27-28,43-45H,5-8,15-16H2,(H,39,46)(H,40,47)(H,50,51,52)/p-1. The normalized spacial score (nSPS) is 12.4. The molecule has 0 radical (unpaired) electrons. The Morgan fingerprint density at radius 2 is 1.09 bits per heavy atom. The van der Waals surface area contributed by atoms with Gasteiger partial charge in [-0.2, -0.15) is 0 Å². The van der Waals surface area contributed by atoms with Crippen LogP contribution >= 0.6 is 63.7 Å². The van der Waals surface area contributed by atoms with Gasteiger partial charge in [-0.3, -0.25) is 9.59 Å². The summed E-state index contributed by atoms with van der Waals surface area (Å²) in [5.74, 6) is -2.00. The van der Waals surface area contributed by atoms with E-state index in [1.165, 1.54) is 48.5 Å². The second-order valence-corrected chi connectivity index (χ2v) is 16.1. The number of amides is 2. The third-order valence-electron chi connectivity index (χ3n) is 7.88. The summed E-state index contributed by atoms with van der Waals surface area (Å²) in [6, 6.07) is 12.4. The predicted molar refractivity (Wildman–Crippen MR) is 211 cm³/mol. The van der Waals surface area contributed by atoms with Crippen LogP contribution in [0, 0.1) is 9.81 Å². The van der Waals surface area contributed by atoms with Crippen molar-refractivity contribution in [2.45, 2.75) is 37.8 Å². The van der Waals surface area contributed by atoms with E-state index >= 15 is 0 Å². The highest BCUT2D eigenvalue weighted by molar-refractivity contribution is 9.11. The van der Waals surface area contributed by atoms with Gasteiger partial charge in [0.25, 0.3) is 10.4 Å². The van der Waals surface area contributed by atoms with Crippen molar-refractivity contribution in [3.05, 3.63) is 111 Å². The average Bonchev–Trinajstić information content (AvgIpc) is 3.11. The van der Waals surface area contributed by atoms with Crippen molar-refractivity contribution in [1.29, 1.82) is 0 Å². The molecule has 0 bridgehead atoms. The number of hydrogen-bond donors (Lipinski definition) is 5. The smallest absolute Gasteiger partial charge is 0.262 e. The number of phenolic OH excluding ortho intramolecular Hbond substituents is 3. The van der Waals surface area contributed by atoms with Crippen molar-refractivity contribution < 1.29 is 42.1 Å². The van der Waals surface area contributed by atoms with E-state index in [9.17, 15) is 47.7 Å². The van der Waals surface area contributed by atoms with Crippen LogP contribution in [0.1, 0.15) is 22.3 Å². The molecule has 0 aliphatic rings. The maximum Gasteiger partial charge on any atom is 0.262 e.